The second-order valence-electron chi connectivity index (χ2n) is 5.08. The molecule has 0 radical (unpaired) electrons. The Labute approximate surface area is 120 Å². The summed E-state index contributed by atoms with van der Waals surface area (Å²) in [6, 6.07) is 3.92. The molecule has 1 aromatic rings. The van der Waals surface area contributed by atoms with Crippen molar-refractivity contribution in [3.8, 4) is 0 Å². The quantitative estimate of drug-likeness (QED) is 0.464. The molecule has 0 aromatic heterocycles. The van der Waals surface area contributed by atoms with Gasteiger partial charge >= 0.3 is 0 Å². The van der Waals surface area contributed by atoms with Gasteiger partial charge in [0.25, 0.3) is 21.6 Å². The van der Waals surface area contributed by atoms with Gasteiger partial charge in [0, 0.05) is 6.07 Å². The lowest BCUT2D eigenvalue weighted by atomic mass is 10.1. The van der Waals surface area contributed by atoms with E-state index in [1.807, 2.05) is 0 Å². The van der Waals surface area contributed by atoms with Gasteiger partial charge in [-0.15, -0.1) is 0 Å². The number of rotatable bonds is 4. The molecular formula is C11H14N4O5S. The highest BCUT2D eigenvalue weighted by molar-refractivity contribution is 7.94. The van der Waals surface area contributed by atoms with E-state index in [9.17, 15) is 23.3 Å². The molecule has 1 heterocycles. The van der Waals surface area contributed by atoms with Gasteiger partial charge in [0.15, 0.2) is 4.75 Å². The number of carbonyl (C=O) groups excluding carboxylic acids is 1. The zero-order valence-corrected chi connectivity index (χ0v) is 12.2. The van der Waals surface area contributed by atoms with E-state index in [1.54, 1.807) is 0 Å². The summed E-state index contributed by atoms with van der Waals surface area (Å²) in [5.74, 6) is 4.69. The number of benzene rings is 1. The van der Waals surface area contributed by atoms with E-state index in [1.165, 1.54) is 32.0 Å². The molecule has 0 bridgehead atoms. The fourth-order valence-corrected chi connectivity index (χ4v) is 3.55. The molecule has 10 heteroatoms. The maximum absolute atomic E-state index is 12.0. The van der Waals surface area contributed by atoms with Gasteiger partial charge in [-0.05, 0) is 25.5 Å². The minimum atomic E-state index is -3.70. The van der Waals surface area contributed by atoms with E-state index in [4.69, 9.17) is 5.84 Å². The first-order valence-electron chi connectivity index (χ1n) is 5.93. The molecule has 0 saturated carbocycles. The van der Waals surface area contributed by atoms with E-state index < -0.39 is 25.6 Å². The molecule has 9 nitrogen and oxygen atoms in total. The number of hydrazine groups is 1. The molecule has 0 aliphatic carbocycles. The summed E-state index contributed by atoms with van der Waals surface area (Å²) in [5, 5.41) is 10.8. The molecular weight excluding hydrogens is 300 g/mol. The summed E-state index contributed by atoms with van der Waals surface area (Å²) >= 11 is 0. The van der Waals surface area contributed by atoms with Crippen molar-refractivity contribution >= 4 is 27.3 Å². The van der Waals surface area contributed by atoms with Crippen molar-refractivity contribution < 1.29 is 18.1 Å². The number of nitrogens with two attached hydrogens (primary N) is 1. The van der Waals surface area contributed by atoms with Gasteiger partial charge in [-0.3, -0.25) is 20.8 Å². The summed E-state index contributed by atoms with van der Waals surface area (Å²) in [6.45, 7) is 2.49. The zero-order chi connectivity index (χ0) is 16.0. The lowest BCUT2D eigenvalue weighted by Crippen LogP contribution is -2.66. The van der Waals surface area contributed by atoms with Gasteiger partial charge in [-0.2, -0.15) is 0 Å². The number of nitro benzene ring substituents is 1. The predicted octanol–water partition coefficient (Wildman–Crippen LogP) is 0.331. The normalized spacial score (nSPS) is 19.0. The van der Waals surface area contributed by atoms with Crippen molar-refractivity contribution in [2.24, 2.45) is 5.84 Å². The van der Waals surface area contributed by atoms with E-state index >= 15 is 0 Å². The van der Waals surface area contributed by atoms with Crippen LogP contribution in [-0.2, 0) is 21.4 Å². The molecule has 2 rings (SSSR count). The van der Waals surface area contributed by atoms with Crippen molar-refractivity contribution in [3.05, 3.63) is 33.9 Å². The molecule has 1 amide bonds. The Kier molecular flexibility index (Phi) is 3.38. The van der Waals surface area contributed by atoms with E-state index in [0.29, 0.717) is 5.56 Å². The minimum Gasteiger partial charge on any atom is -0.318 e. The molecule has 1 aliphatic heterocycles. The number of nitro groups is 1. The van der Waals surface area contributed by atoms with Crippen LogP contribution >= 0.6 is 0 Å². The largest absolute Gasteiger partial charge is 0.318 e. The van der Waals surface area contributed by atoms with Crippen molar-refractivity contribution in [1.82, 2.24) is 4.31 Å². The topological polar surface area (TPSA) is 136 Å². The molecule has 3 N–H and O–H groups in total. The molecule has 0 unspecified atom stereocenters. The summed E-state index contributed by atoms with van der Waals surface area (Å²) in [5.41, 5.74) is 2.40. The highest BCUT2D eigenvalue weighted by atomic mass is 32.2. The standard InChI is InChI=1S/C11H14N4O5S/c1-11(2)10(16)14(21(11,19)20)6-7-3-4-9(15(17)18)8(5-7)13-12/h3-5,13H,6,12H2,1-2H3. The maximum Gasteiger partial charge on any atom is 0.293 e. The van der Waals surface area contributed by atoms with Gasteiger partial charge in [0.1, 0.15) is 5.69 Å². The number of nitrogens with zero attached hydrogens (tertiary/aromatic N) is 2. The average molecular weight is 314 g/mol. The summed E-state index contributed by atoms with van der Waals surface area (Å²) < 4.78 is 23.3. The summed E-state index contributed by atoms with van der Waals surface area (Å²) in [7, 11) is -3.70. The lowest BCUT2D eigenvalue weighted by molar-refractivity contribution is -0.384. The smallest absolute Gasteiger partial charge is 0.293 e. The van der Waals surface area contributed by atoms with Gasteiger partial charge in [-0.1, -0.05) is 6.07 Å². The van der Waals surface area contributed by atoms with Gasteiger partial charge < -0.3 is 5.43 Å². The Morgan fingerprint density at radius 1 is 1.43 bits per heavy atom. The van der Waals surface area contributed by atoms with Crippen molar-refractivity contribution in [2.75, 3.05) is 5.43 Å². The van der Waals surface area contributed by atoms with Gasteiger partial charge in [-0.25, -0.2) is 12.7 Å². The number of hydrogen-bond donors (Lipinski definition) is 2. The van der Waals surface area contributed by atoms with E-state index in [2.05, 4.69) is 5.43 Å². The highest BCUT2D eigenvalue weighted by Crippen LogP contribution is 2.36. The highest BCUT2D eigenvalue weighted by Gasteiger charge is 2.59. The molecule has 114 valence electrons. The molecule has 1 fully saturated rings. The predicted molar refractivity (Wildman–Crippen MR) is 74.5 cm³/mol. The monoisotopic (exact) mass is 314 g/mol. The first kappa shape index (κ1) is 15.2. The molecule has 1 aliphatic rings. The second kappa shape index (κ2) is 4.67. The Hall–Kier alpha value is -2.20. The van der Waals surface area contributed by atoms with Crippen LogP contribution in [-0.4, -0.2) is 28.3 Å². The van der Waals surface area contributed by atoms with Crippen LogP contribution in [0.3, 0.4) is 0 Å². The third-order valence-corrected chi connectivity index (χ3v) is 5.76. The van der Waals surface area contributed by atoms with Crippen LogP contribution in [0.1, 0.15) is 19.4 Å². The van der Waals surface area contributed by atoms with E-state index in [0.717, 1.165) is 4.31 Å². The number of sulfonamides is 1. The van der Waals surface area contributed by atoms with Crippen LogP contribution in [0.25, 0.3) is 0 Å². The zero-order valence-electron chi connectivity index (χ0n) is 11.4. The van der Waals surface area contributed by atoms with Crippen LogP contribution in [0.15, 0.2) is 18.2 Å². The molecule has 0 spiro atoms. The van der Waals surface area contributed by atoms with Crippen molar-refractivity contribution in [3.63, 3.8) is 0 Å². The third kappa shape index (κ3) is 2.12. The SMILES string of the molecule is CC1(C)C(=O)N(Cc2ccc([N+](=O)[O-])c(NN)c2)S1(=O)=O. The number of nitrogens with one attached hydrogen (secondary N) is 1. The second-order valence-corrected chi connectivity index (χ2v) is 7.49. The first-order valence-corrected chi connectivity index (χ1v) is 7.37. The van der Waals surface area contributed by atoms with Crippen LogP contribution in [0, 0.1) is 10.1 Å². The Bertz CT molecular complexity index is 728. The average Bonchev–Trinajstić information content (AvgIpc) is 2.43. The van der Waals surface area contributed by atoms with Crippen LogP contribution in [0.5, 0.6) is 0 Å². The minimum absolute atomic E-state index is 0.0436. The molecule has 1 saturated heterocycles. The fourth-order valence-electron chi connectivity index (χ4n) is 2.04. The fraction of sp³-hybridized carbons (Fsp3) is 0.364. The van der Waals surface area contributed by atoms with Crippen LogP contribution < -0.4 is 11.3 Å². The number of nitrogen functional groups attached to an aromatic ring is 1. The Balaban J connectivity index is 2.30. The van der Waals surface area contributed by atoms with Gasteiger partial charge in [0.2, 0.25) is 0 Å². The van der Waals surface area contributed by atoms with Crippen molar-refractivity contribution in [1.29, 1.82) is 0 Å². The molecule has 0 atom stereocenters. The number of hydrogen-bond acceptors (Lipinski definition) is 7. The number of carbonyl (C=O) groups is 1. The van der Waals surface area contributed by atoms with Gasteiger partial charge in [0.05, 0.1) is 11.5 Å². The molecule has 21 heavy (non-hydrogen) atoms. The Morgan fingerprint density at radius 3 is 2.52 bits per heavy atom. The van der Waals surface area contributed by atoms with Crippen LogP contribution in [0.2, 0.25) is 0 Å². The first-order chi connectivity index (χ1) is 9.62. The summed E-state index contributed by atoms with van der Waals surface area (Å²) in [4.78, 5) is 22.0. The van der Waals surface area contributed by atoms with E-state index in [-0.39, 0.29) is 17.9 Å². The Morgan fingerprint density at radius 2 is 2.05 bits per heavy atom. The maximum atomic E-state index is 12.0. The third-order valence-electron chi connectivity index (χ3n) is 3.42. The number of amides is 1. The number of anilines is 1. The molecule has 1 aromatic carbocycles. The van der Waals surface area contributed by atoms with Crippen molar-refractivity contribution in [2.45, 2.75) is 25.1 Å². The van der Waals surface area contributed by atoms with Crippen LogP contribution in [0.4, 0.5) is 11.4 Å². The summed E-state index contributed by atoms with van der Waals surface area (Å²) in [6.07, 6.45) is 0. The lowest BCUT2D eigenvalue weighted by Gasteiger charge is -2.43.